The van der Waals surface area contributed by atoms with Gasteiger partial charge in [0.1, 0.15) is 11.3 Å². The second kappa shape index (κ2) is 2.85. The van der Waals surface area contributed by atoms with Crippen molar-refractivity contribution >= 4 is 6.09 Å². The fourth-order valence-electron chi connectivity index (χ4n) is 1.07. The molecule has 0 radical (unpaired) electrons. The minimum Gasteiger partial charge on any atom is -0.444 e. The number of nitrogens with zero attached hydrogens (tertiary/aromatic N) is 1. The van der Waals surface area contributed by atoms with Gasteiger partial charge in [-0.2, -0.15) is 0 Å². The van der Waals surface area contributed by atoms with E-state index in [1.165, 1.54) is 4.90 Å². The molecule has 1 saturated heterocycles. The number of carbonyl (C=O) groups excluding carboxylic acids is 1. The molecule has 0 aromatic heterocycles. The molecular formula is C8H16N2O3. The van der Waals surface area contributed by atoms with Crippen molar-refractivity contribution in [1.82, 2.24) is 4.90 Å². The minimum absolute atomic E-state index is 0.141. The summed E-state index contributed by atoms with van der Waals surface area (Å²) >= 11 is 0. The molecule has 0 unspecified atom stereocenters. The van der Waals surface area contributed by atoms with Crippen LogP contribution < -0.4 is 5.73 Å². The van der Waals surface area contributed by atoms with Crippen LogP contribution in [0, 0.1) is 0 Å². The van der Waals surface area contributed by atoms with Gasteiger partial charge in [0.25, 0.3) is 0 Å². The van der Waals surface area contributed by atoms with Crippen LogP contribution >= 0.6 is 0 Å². The number of hydrogen-bond acceptors (Lipinski definition) is 4. The van der Waals surface area contributed by atoms with Crippen LogP contribution in [-0.4, -0.2) is 40.5 Å². The van der Waals surface area contributed by atoms with Gasteiger partial charge in [0.2, 0.25) is 0 Å². The van der Waals surface area contributed by atoms with E-state index in [9.17, 15) is 4.79 Å². The van der Waals surface area contributed by atoms with Gasteiger partial charge in [-0.05, 0) is 20.8 Å². The van der Waals surface area contributed by atoms with E-state index in [2.05, 4.69) is 0 Å². The summed E-state index contributed by atoms with van der Waals surface area (Å²) < 4.78 is 5.06. The predicted molar refractivity (Wildman–Crippen MR) is 46.9 cm³/mol. The van der Waals surface area contributed by atoms with Crippen molar-refractivity contribution in [2.24, 2.45) is 5.73 Å². The van der Waals surface area contributed by atoms with Crippen LogP contribution in [0.4, 0.5) is 4.79 Å². The zero-order valence-corrected chi connectivity index (χ0v) is 8.20. The Morgan fingerprint density at radius 1 is 1.54 bits per heavy atom. The summed E-state index contributed by atoms with van der Waals surface area (Å²) in [6.07, 6.45) is -0.428. The van der Waals surface area contributed by atoms with Crippen molar-refractivity contribution in [2.75, 3.05) is 13.1 Å². The summed E-state index contributed by atoms with van der Waals surface area (Å²) in [5.41, 5.74) is 3.59. The van der Waals surface area contributed by atoms with Gasteiger partial charge in [-0.1, -0.05) is 0 Å². The molecule has 1 aliphatic rings. The molecule has 0 aromatic carbocycles. The molecule has 0 aromatic rings. The van der Waals surface area contributed by atoms with Gasteiger partial charge in [0, 0.05) is 0 Å². The molecule has 13 heavy (non-hydrogen) atoms. The van der Waals surface area contributed by atoms with Crippen LogP contribution in [-0.2, 0) is 4.74 Å². The van der Waals surface area contributed by atoms with E-state index in [-0.39, 0.29) is 13.1 Å². The molecule has 0 saturated carbocycles. The number of likely N-dealkylation sites (tertiary alicyclic amines) is 1. The Morgan fingerprint density at radius 2 is 2.00 bits per heavy atom. The van der Waals surface area contributed by atoms with Gasteiger partial charge in [-0.15, -0.1) is 0 Å². The Labute approximate surface area is 77.5 Å². The van der Waals surface area contributed by atoms with Crippen LogP contribution in [0.3, 0.4) is 0 Å². The normalized spacial score (nSPS) is 20.8. The van der Waals surface area contributed by atoms with Crippen LogP contribution in [0.1, 0.15) is 20.8 Å². The highest BCUT2D eigenvalue weighted by atomic mass is 16.6. The lowest BCUT2D eigenvalue weighted by molar-refractivity contribution is -0.0941. The number of β-amino-alcohol motifs (C(OH)–C–C–N with tert-alkyl or cyclic N) is 1. The Balaban J connectivity index is 2.36. The van der Waals surface area contributed by atoms with Crippen molar-refractivity contribution in [3.8, 4) is 0 Å². The van der Waals surface area contributed by atoms with Crippen molar-refractivity contribution in [3.05, 3.63) is 0 Å². The van der Waals surface area contributed by atoms with Crippen molar-refractivity contribution < 1.29 is 14.6 Å². The summed E-state index contributed by atoms with van der Waals surface area (Å²) in [5, 5.41) is 9.16. The predicted octanol–water partition coefficient (Wildman–Crippen LogP) is -0.116. The van der Waals surface area contributed by atoms with Crippen LogP contribution in [0.2, 0.25) is 0 Å². The first-order valence-electron chi connectivity index (χ1n) is 4.19. The molecule has 0 spiro atoms. The van der Waals surface area contributed by atoms with E-state index < -0.39 is 17.4 Å². The van der Waals surface area contributed by atoms with Crippen LogP contribution in [0.15, 0.2) is 0 Å². The third-order valence-corrected chi connectivity index (χ3v) is 1.58. The number of hydrogen-bond donors (Lipinski definition) is 2. The van der Waals surface area contributed by atoms with E-state index >= 15 is 0 Å². The summed E-state index contributed by atoms with van der Waals surface area (Å²) in [6.45, 7) is 5.65. The number of ether oxygens (including phenoxy) is 1. The van der Waals surface area contributed by atoms with Crippen molar-refractivity contribution in [2.45, 2.75) is 32.1 Å². The van der Waals surface area contributed by atoms with Gasteiger partial charge >= 0.3 is 6.09 Å². The number of rotatable bonds is 0. The molecule has 0 atom stereocenters. The van der Waals surface area contributed by atoms with Gasteiger partial charge < -0.3 is 15.6 Å². The molecule has 1 heterocycles. The first kappa shape index (κ1) is 10.3. The molecule has 1 aliphatic heterocycles. The molecule has 5 nitrogen and oxygen atoms in total. The lowest BCUT2D eigenvalue weighted by Crippen LogP contribution is -2.69. The molecule has 76 valence electrons. The Kier molecular flexibility index (Phi) is 2.25. The zero-order chi connectivity index (χ0) is 10.3. The summed E-state index contributed by atoms with van der Waals surface area (Å²) in [4.78, 5) is 12.6. The molecule has 5 heteroatoms. The van der Waals surface area contributed by atoms with Crippen LogP contribution in [0.5, 0.6) is 0 Å². The minimum atomic E-state index is -1.23. The monoisotopic (exact) mass is 188 g/mol. The fourth-order valence-corrected chi connectivity index (χ4v) is 1.07. The molecule has 0 bridgehead atoms. The van der Waals surface area contributed by atoms with Gasteiger partial charge in [-0.3, -0.25) is 4.90 Å². The van der Waals surface area contributed by atoms with Gasteiger partial charge in [0.15, 0.2) is 0 Å². The number of nitrogens with two attached hydrogens (primary N) is 1. The highest BCUT2D eigenvalue weighted by molar-refractivity contribution is 5.69. The second-order valence-electron chi connectivity index (χ2n) is 4.44. The molecule has 0 aliphatic carbocycles. The average molecular weight is 188 g/mol. The van der Waals surface area contributed by atoms with Crippen molar-refractivity contribution in [1.29, 1.82) is 0 Å². The Morgan fingerprint density at radius 3 is 2.31 bits per heavy atom. The smallest absolute Gasteiger partial charge is 0.410 e. The molecule has 3 N–H and O–H groups in total. The first-order chi connectivity index (χ1) is 5.70. The SMILES string of the molecule is CC(C)(C)OC(=O)N1CC(N)(O)C1. The topological polar surface area (TPSA) is 75.8 Å². The summed E-state index contributed by atoms with van der Waals surface area (Å²) in [5.74, 6) is 0. The van der Waals surface area contributed by atoms with Crippen molar-refractivity contribution in [3.63, 3.8) is 0 Å². The molecular weight excluding hydrogens is 172 g/mol. The Bertz CT molecular complexity index is 212. The maximum absolute atomic E-state index is 11.3. The van der Waals surface area contributed by atoms with E-state index in [0.717, 1.165) is 0 Å². The Hall–Kier alpha value is -0.810. The highest BCUT2D eigenvalue weighted by Crippen LogP contribution is 2.18. The maximum Gasteiger partial charge on any atom is 0.410 e. The third-order valence-electron chi connectivity index (χ3n) is 1.58. The van der Waals surface area contributed by atoms with Gasteiger partial charge in [-0.25, -0.2) is 4.79 Å². The summed E-state index contributed by atoms with van der Waals surface area (Å²) in [6, 6.07) is 0. The first-order valence-corrected chi connectivity index (χ1v) is 4.19. The highest BCUT2D eigenvalue weighted by Gasteiger charge is 2.41. The lowest BCUT2D eigenvalue weighted by Gasteiger charge is -2.43. The number of aliphatic hydroxyl groups is 1. The third kappa shape index (κ3) is 2.86. The standard InChI is InChI=1S/C8H16N2O3/c1-7(2,3)13-6(11)10-4-8(9,12)5-10/h12H,4-5,9H2,1-3H3. The molecule has 1 amide bonds. The number of carbonyl (C=O) groups is 1. The largest absolute Gasteiger partial charge is 0.444 e. The number of amides is 1. The second-order valence-corrected chi connectivity index (χ2v) is 4.44. The zero-order valence-electron chi connectivity index (χ0n) is 8.20. The van der Waals surface area contributed by atoms with Gasteiger partial charge in [0.05, 0.1) is 13.1 Å². The molecule has 1 rings (SSSR count). The van der Waals surface area contributed by atoms with E-state index in [1.807, 2.05) is 0 Å². The summed E-state index contributed by atoms with van der Waals surface area (Å²) in [7, 11) is 0. The quantitative estimate of drug-likeness (QED) is 0.520. The van der Waals surface area contributed by atoms with E-state index in [0.29, 0.717) is 0 Å². The lowest BCUT2D eigenvalue weighted by atomic mass is 10.1. The maximum atomic E-state index is 11.3. The van der Waals surface area contributed by atoms with E-state index in [1.54, 1.807) is 20.8 Å². The van der Waals surface area contributed by atoms with Crippen LogP contribution in [0.25, 0.3) is 0 Å². The average Bonchev–Trinajstić information content (AvgIpc) is 1.77. The fraction of sp³-hybridized carbons (Fsp3) is 0.875. The van der Waals surface area contributed by atoms with E-state index in [4.69, 9.17) is 15.6 Å². The molecule has 1 fully saturated rings.